The molecule has 1 aliphatic carbocycles. The number of thioether (sulfide) groups is 1. The van der Waals surface area contributed by atoms with E-state index in [4.69, 9.17) is 0 Å². The highest BCUT2D eigenvalue weighted by atomic mass is 32.2. The zero-order chi connectivity index (χ0) is 12.3. The molecule has 1 aliphatic rings. The lowest BCUT2D eigenvalue weighted by molar-refractivity contribution is 0.551. The number of aromatic nitrogens is 2. The number of H-pyrrole nitrogens is 1. The van der Waals surface area contributed by atoms with Crippen LogP contribution in [0.5, 0.6) is 0 Å². The van der Waals surface area contributed by atoms with Crippen molar-refractivity contribution in [3.8, 4) is 0 Å². The van der Waals surface area contributed by atoms with Crippen LogP contribution in [0.2, 0.25) is 0 Å². The van der Waals surface area contributed by atoms with E-state index in [9.17, 15) is 8.42 Å². The van der Waals surface area contributed by atoms with Crippen LogP contribution >= 0.6 is 11.8 Å². The SMILES string of the molecule is CCSC1CCCC1NS(=O)(=O)c1ccn[nH]1. The molecule has 0 aliphatic heterocycles. The van der Waals surface area contributed by atoms with Crippen molar-refractivity contribution in [3.63, 3.8) is 0 Å². The quantitative estimate of drug-likeness (QED) is 0.851. The van der Waals surface area contributed by atoms with Gasteiger partial charge in [0.15, 0.2) is 5.03 Å². The second-order valence-electron chi connectivity index (χ2n) is 4.07. The zero-order valence-corrected chi connectivity index (χ0v) is 11.4. The third-order valence-electron chi connectivity index (χ3n) is 2.90. The molecule has 2 atom stereocenters. The fourth-order valence-corrected chi connectivity index (χ4v) is 4.63. The number of hydrogen-bond donors (Lipinski definition) is 2. The number of sulfonamides is 1. The molecule has 0 amide bonds. The van der Waals surface area contributed by atoms with Gasteiger partial charge in [0.25, 0.3) is 10.0 Å². The molecule has 1 heterocycles. The first kappa shape index (κ1) is 12.9. The Balaban J connectivity index is 2.05. The third kappa shape index (κ3) is 3.02. The second kappa shape index (κ2) is 5.41. The van der Waals surface area contributed by atoms with Crippen molar-refractivity contribution in [1.82, 2.24) is 14.9 Å². The van der Waals surface area contributed by atoms with Crippen molar-refractivity contribution >= 4 is 21.8 Å². The molecule has 0 aromatic carbocycles. The van der Waals surface area contributed by atoms with Crippen LogP contribution < -0.4 is 4.72 Å². The van der Waals surface area contributed by atoms with E-state index in [0.717, 1.165) is 25.0 Å². The summed E-state index contributed by atoms with van der Waals surface area (Å²) in [6.45, 7) is 2.10. The molecular weight excluding hydrogens is 258 g/mol. The van der Waals surface area contributed by atoms with E-state index in [1.54, 1.807) is 0 Å². The smallest absolute Gasteiger partial charge is 0.257 e. The van der Waals surface area contributed by atoms with E-state index in [1.807, 2.05) is 11.8 Å². The van der Waals surface area contributed by atoms with Crippen molar-refractivity contribution in [3.05, 3.63) is 12.3 Å². The van der Waals surface area contributed by atoms with Crippen molar-refractivity contribution in [2.45, 2.75) is 42.5 Å². The van der Waals surface area contributed by atoms with Crippen LogP contribution in [-0.4, -0.2) is 35.7 Å². The van der Waals surface area contributed by atoms with E-state index in [0.29, 0.717) is 5.25 Å². The Kier molecular flexibility index (Phi) is 4.11. The van der Waals surface area contributed by atoms with Gasteiger partial charge < -0.3 is 0 Å². The van der Waals surface area contributed by atoms with Gasteiger partial charge >= 0.3 is 0 Å². The summed E-state index contributed by atoms with van der Waals surface area (Å²) in [6, 6.07) is 1.52. The molecule has 2 N–H and O–H groups in total. The summed E-state index contributed by atoms with van der Waals surface area (Å²) in [5, 5.41) is 6.70. The van der Waals surface area contributed by atoms with Gasteiger partial charge in [0.2, 0.25) is 0 Å². The molecule has 1 saturated carbocycles. The van der Waals surface area contributed by atoms with Crippen molar-refractivity contribution < 1.29 is 8.42 Å². The maximum absolute atomic E-state index is 12.0. The van der Waals surface area contributed by atoms with Gasteiger partial charge in [0.05, 0.1) is 6.20 Å². The summed E-state index contributed by atoms with van der Waals surface area (Å²) >= 11 is 1.83. The van der Waals surface area contributed by atoms with Crippen LogP contribution in [0.3, 0.4) is 0 Å². The van der Waals surface area contributed by atoms with Crippen LogP contribution in [0.15, 0.2) is 17.3 Å². The van der Waals surface area contributed by atoms with Crippen LogP contribution in [0.4, 0.5) is 0 Å². The van der Waals surface area contributed by atoms with Crippen molar-refractivity contribution in [2.24, 2.45) is 0 Å². The number of nitrogens with zero attached hydrogens (tertiary/aromatic N) is 1. The lowest BCUT2D eigenvalue weighted by atomic mass is 10.3. The molecule has 1 fully saturated rings. The molecule has 17 heavy (non-hydrogen) atoms. The molecule has 2 unspecified atom stereocenters. The molecule has 0 radical (unpaired) electrons. The highest BCUT2D eigenvalue weighted by Gasteiger charge is 2.31. The van der Waals surface area contributed by atoms with Gasteiger partial charge in [-0.1, -0.05) is 13.3 Å². The number of aromatic amines is 1. The predicted octanol–water partition coefficient (Wildman–Crippen LogP) is 1.36. The molecule has 0 saturated heterocycles. The summed E-state index contributed by atoms with van der Waals surface area (Å²) in [4.78, 5) is 0. The molecule has 0 spiro atoms. The summed E-state index contributed by atoms with van der Waals surface area (Å²) in [5.41, 5.74) is 0. The molecule has 96 valence electrons. The fourth-order valence-electron chi connectivity index (χ4n) is 2.13. The van der Waals surface area contributed by atoms with E-state index < -0.39 is 10.0 Å². The van der Waals surface area contributed by atoms with Gasteiger partial charge in [0.1, 0.15) is 0 Å². The molecule has 2 rings (SSSR count). The van der Waals surface area contributed by atoms with Gasteiger partial charge in [-0.25, -0.2) is 13.1 Å². The normalized spacial score (nSPS) is 25.2. The largest absolute Gasteiger partial charge is 0.266 e. The minimum atomic E-state index is -3.43. The summed E-state index contributed by atoms with van der Waals surface area (Å²) < 4.78 is 26.8. The van der Waals surface area contributed by atoms with E-state index >= 15 is 0 Å². The Morgan fingerprint density at radius 1 is 1.59 bits per heavy atom. The highest BCUT2D eigenvalue weighted by Crippen LogP contribution is 2.30. The monoisotopic (exact) mass is 275 g/mol. The minimum Gasteiger partial charge on any atom is -0.266 e. The van der Waals surface area contributed by atoms with Crippen LogP contribution in [0, 0.1) is 0 Å². The molecule has 5 nitrogen and oxygen atoms in total. The Morgan fingerprint density at radius 2 is 2.41 bits per heavy atom. The maximum Gasteiger partial charge on any atom is 0.257 e. The standard InChI is InChI=1S/C10H17N3O2S2/c1-2-16-9-5-3-4-8(9)13-17(14,15)10-6-7-11-12-10/h6-9,13H,2-5H2,1H3,(H,11,12). The Hall–Kier alpha value is -0.530. The topological polar surface area (TPSA) is 74.8 Å². The fraction of sp³-hybridized carbons (Fsp3) is 0.700. The lowest BCUT2D eigenvalue weighted by Gasteiger charge is -2.19. The third-order valence-corrected chi connectivity index (χ3v) is 5.65. The van der Waals surface area contributed by atoms with E-state index in [2.05, 4.69) is 21.8 Å². The number of nitrogens with one attached hydrogen (secondary N) is 2. The first-order valence-corrected chi connectivity index (χ1v) is 8.30. The predicted molar refractivity (Wildman–Crippen MR) is 68.5 cm³/mol. The van der Waals surface area contributed by atoms with Crippen molar-refractivity contribution in [1.29, 1.82) is 0 Å². The second-order valence-corrected chi connectivity index (χ2v) is 7.27. The average molecular weight is 275 g/mol. The lowest BCUT2D eigenvalue weighted by Crippen LogP contribution is -2.38. The molecule has 1 aromatic heterocycles. The molecule has 0 bridgehead atoms. The van der Waals surface area contributed by atoms with Gasteiger partial charge in [-0.2, -0.15) is 16.9 Å². The Morgan fingerprint density at radius 3 is 3.06 bits per heavy atom. The van der Waals surface area contributed by atoms with Gasteiger partial charge in [0, 0.05) is 11.3 Å². The van der Waals surface area contributed by atoms with Crippen LogP contribution in [0.25, 0.3) is 0 Å². The summed E-state index contributed by atoms with van der Waals surface area (Å²) in [7, 11) is -3.43. The summed E-state index contributed by atoms with van der Waals surface area (Å²) in [5.74, 6) is 1.02. The maximum atomic E-state index is 12.0. The van der Waals surface area contributed by atoms with Gasteiger partial charge in [-0.15, -0.1) is 0 Å². The van der Waals surface area contributed by atoms with Gasteiger partial charge in [-0.05, 0) is 24.7 Å². The Labute approximate surface area is 106 Å². The van der Waals surface area contributed by atoms with E-state index in [1.165, 1.54) is 12.3 Å². The molecule has 1 aromatic rings. The minimum absolute atomic E-state index is 0.0493. The Bertz CT molecular complexity index is 444. The van der Waals surface area contributed by atoms with Crippen LogP contribution in [0.1, 0.15) is 26.2 Å². The summed E-state index contributed by atoms with van der Waals surface area (Å²) in [6.07, 6.45) is 4.55. The zero-order valence-electron chi connectivity index (χ0n) is 9.72. The first-order valence-electron chi connectivity index (χ1n) is 5.77. The first-order chi connectivity index (χ1) is 8.13. The molecular formula is C10H17N3O2S2. The number of hydrogen-bond acceptors (Lipinski definition) is 4. The van der Waals surface area contributed by atoms with Gasteiger partial charge in [-0.3, -0.25) is 5.10 Å². The molecule has 7 heteroatoms. The number of rotatable bonds is 5. The van der Waals surface area contributed by atoms with Crippen molar-refractivity contribution in [2.75, 3.05) is 5.75 Å². The average Bonchev–Trinajstić information content (AvgIpc) is 2.90. The van der Waals surface area contributed by atoms with E-state index in [-0.39, 0.29) is 11.1 Å². The highest BCUT2D eigenvalue weighted by molar-refractivity contribution is 8.00. The van der Waals surface area contributed by atoms with Crippen LogP contribution in [-0.2, 0) is 10.0 Å².